The summed E-state index contributed by atoms with van der Waals surface area (Å²) < 4.78 is 5.22. The molecule has 0 radical (unpaired) electrons. The summed E-state index contributed by atoms with van der Waals surface area (Å²) in [6.45, 7) is 9.47. The van der Waals surface area contributed by atoms with Gasteiger partial charge in [0.15, 0.2) is 0 Å². The monoisotopic (exact) mass is 313 g/mol. The molecule has 0 spiro atoms. The number of hydrogen-bond acceptors (Lipinski definition) is 3. The van der Waals surface area contributed by atoms with Crippen LogP contribution >= 0.6 is 0 Å². The number of hydrogen-bond donors (Lipinski definition) is 3. The zero-order valence-electron chi connectivity index (χ0n) is 14.5. The molecule has 0 bridgehead atoms. The number of rotatable bonds is 4. The molecule has 0 unspecified atom stereocenters. The highest BCUT2D eigenvalue weighted by Gasteiger charge is 2.25. The molecular formula is C16H31N3O3. The Morgan fingerprint density at radius 2 is 1.64 bits per heavy atom. The highest BCUT2D eigenvalue weighted by Crippen LogP contribution is 2.17. The van der Waals surface area contributed by atoms with Gasteiger partial charge in [-0.2, -0.15) is 0 Å². The van der Waals surface area contributed by atoms with Crippen LogP contribution in [-0.2, 0) is 4.74 Å². The van der Waals surface area contributed by atoms with Crippen LogP contribution in [0.1, 0.15) is 66.7 Å². The minimum Gasteiger partial charge on any atom is -0.444 e. The number of alkyl carbamates (subject to hydrolysis) is 1. The van der Waals surface area contributed by atoms with Crippen molar-refractivity contribution in [3.05, 3.63) is 0 Å². The van der Waals surface area contributed by atoms with E-state index in [0.29, 0.717) is 6.54 Å². The smallest absolute Gasteiger partial charge is 0.408 e. The zero-order valence-corrected chi connectivity index (χ0v) is 14.5. The Morgan fingerprint density at radius 1 is 1.05 bits per heavy atom. The maximum atomic E-state index is 11.9. The van der Waals surface area contributed by atoms with Crippen LogP contribution in [0, 0.1) is 0 Å². The van der Waals surface area contributed by atoms with Gasteiger partial charge in [-0.05, 0) is 47.5 Å². The summed E-state index contributed by atoms with van der Waals surface area (Å²) in [6.07, 6.45) is 5.23. The summed E-state index contributed by atoms with van der Waals surface area (Å²) in [7, 11) is 0. The molecule has 128 valence electrons. The lowest BCUT2D eigenvalue weighted by molar-refractivity contribution is 0.0472. The molecule has 1 fully saturated rings. The second-order valence-electron chi connectivity index (χ2n) is 7.67. The van der Waals surface area contributed by atoms with Crippen LogP contribution in [0.5, 0.6) is 0 Å². The van der Waals surface area contributed by atoms with Gasteiger partial charge in [0.05, 0.1) is 5.54 Å². The van der Waals surface area contributed by atoms with Crippen molar-refractivity contribution in [1.82, 2.24) is 16.0 Å². The Morgan fingerprint density at radius 3 is 2.18 bits per heavy atom. The third-order valence-electron chi connectivity index (χ3n) is 3.47. The molecule has 0 aromatic rings. The molecule has 0 atom stereocenters. The number of carbonyl (C=O) groups is 2. The average Bonchev–Trinajstić information content (AvgIpc) is 2.34. The average molecular weight is 313 g/mol. The van der Waals surface area contributed by atoms with E-state index < -0.39 is 17.2 Å². The first kappa shape index (κ1) is 18.6. The van der Waals surface area contributed by atoms with Crippen molar-refractivity contribution in [3.63, 3.8) is 0 Å². The molecule has 0 aromatic carbocycles. The van der Waals surface area contributed by atoms with Gasteiger partial charge in [-0.25, -0.2) is 9.59 Å². The molecule has 0 heterocycles. The van der Waals surface area contributed by atoms with Crippen molar-refractivity contribution in [2.75, 3.05) is 6.54 Å². The third-order valence-corrected chi connectivity index (χ3v) is 3.47. The van der Waals surface area contributed by atoms with Crippen LogP contribution in [0.3, 0.4) is 0 Å². The molecule has 0 aliphatic heterocycles. The lowest BCUT2D eigenvalue weighted by Crippen LogP contribution is -2.54. The van der Waals surface area contributed by atoms with Gasteiger partial charge in [0.1, 0.15) is 5.60 Å². The summed E-state index contributed by atoms with van der Waals surface area (Å²) >= 11 is 0. The minimum atomic E-state index is -0.577. The van der Waals surface area contributed by atoms with Crippen molar-refractivity contribution in [2.24, 2.45) is 0 Å². The van der Waals surface area contributed by atoms with Gasteiger partial charge in [-0.15, -0.1) is 0 Å². The highest BCUT2D eigenvalue weighted by molar-refractivity contribution is 5.74. The van der Waals surface area contributed by atoms with E-state index in [1.165, 1.54) is 19.3 Å². The third kappa shape index (κ3) is 8.10. The van der Waals surface area contributed by atoms with Gasteiger partial charge in [0.25, 0.3) is 0 Å². The second-order valence-corrected chi connectivity index (χ2v) is 7.67. The quantitative estimate of drug-likeness (QED) is 0.746. The Kier molecular flexibility index (Phi) is 6.50. The van der Waals surface area contributed by atoms with Crippen LogP contribution in [0.4, 0.5) is 9.59 Å². The van der Waals surface area contributed by atoms with Crippen molar-refractivity contribution < 1.29 is 14.3 Å². The van der Waals surface area contributed by atoms with E-state index in [0.717, 1.165) is 12.8 Å². The number of nitrogens with one attached hydrogen (secondary N) is 3. The largest absolute Gasteiger partial charge is 0.444 e. The van der Waals surface area contributed by atoms with E-state index >= 15 is 0 Å². The van der Waals surface area contributed by atoms with Gasteiger partial charge in [-0.3, -0.25) is 0 Å². The summed E-state index contributed by atoms with van der Waals surface area (Å²) in [5.74, 6) is 0. The molecule has 22 heavy (non-hydrogen) atoms. The predicted octanol–water partition coefficient (Wildman–Crippen LogP) is 2.92. The summed E-state index contributed by atoms with van der Waals surface area (Å²) in [6, 6.07) is 0.0987. The Hall–Kier alpha value is -1.46. The first-order valence-corrected chi connectivity index (χ1v) is 8.13. The van der Waals surface area contributed by atoms with E-state index in [9.17, 15) is 9.59 Å². The van der Waals surface area contributed by atoms with Crippen LogP contribution in [0.25, 0.3) is 0 Å². The standard InChI is InChI=1S/C16H31N3O3/c1-15(2,3)22-14(21)19-16(4,5)11-17-13(20)18-12-9-7-6-8-10-12/h12H,6-11H2,1-5H3,(H,19,21)(H2,17,18,20). The lowest BCUT2D eigenvalue weighted by atomic mass is 9.96. The van der Waals surface area contributed by atoms with Gasteiger partial charge in [-0.1, -0.05) is 19.3 Å². The first-order valence-electron chi connectivity index (χ1n) is 8.13. The van der Waals surface area contributed by atoms with Crippen LogP contribution in [0.2, 0.25) is 0 Å². The van der Waals surface area contributed by atoms with Crippen LogP contribution in [0.15, 0.2) is 0 Å². The Bertz CT molecular complexity index is 383. The fourth-order valence-corrected chi connectivity index (χ4v) is 2.41. The van der Waals surface area contributed by atoms with Crippen molar-refractivity contribution in [1.29, 1.82) is 0 Å². The Labute approximate surface area is 133 Å². The fraction of sp³-hybridized carbons (Fsp3) is 0.875. The fourth-order valence-electron chi connectivity index (χ4n) is 2.41. The highest BCUT2D eigenvalue weighted by atomic mass is 16.6. The maximum Gasteiger partial charge on any atom is 0.408 e. The van der Waals surface area contributed by atoms with Crippen molar-refractivity contribution in [3.8, 4) is 0 Å². The number of amides is 3. The molecule has 0 aromatic heterocycles. The summed E-state index contributed by atoms with van der Waals surface area (Å²) in [5, 5.41) is 8.58. The lowest BCUT2D eigenvalue weighted by Gasteiger charge is -2.29. The van der Waals surface area contributed by atoms with Gasteiger partial charge in [0, 0.05) is 12.6 Å². The summed E-state index contributed by atoms with van der Waals surface area (Å²) in [5.41, 5.74) is -1.11. The van der Waals surface area contributed by atoms with Crippen molar-refractivity contribution >= 4 is 12.1 Å². The van der Waals surface area contributed by atoms with E-state index in [1.807, 2.05) is 34.6 Å². The maximum absolute atomic E-state index is 11.9. The molecule has 1 aliphatic rings. The molecule has 6 heteroatoms. The Balaban J connectivity index is 2.31. The van der Waals surface area contributed by atoms with Crippen LogP contribution in [-0.4, -0.2) is 35.9 Å². The molecule has 1 rings (SSSR count). The van der Waals surface area contributed by atoms with E-state index in [-0.39, 0.29) is 12.1 Å². The molecule has 3 amide bonds. The van der Waals surface area contributed by atoms with E-state index in [4.69, 9.17) is 4.74 Å². The molecule has 3 N–H and O–H groups in total. The van der Waals surface area contributed by atoms with Crippen LogP contribution < -0.4 is 16.0 Å². The SMILES string of the molecule is CC(C)(CNC(=O)NC1CCCCC1)NC(=O)OC(C)(C)C. The van der Waals surface area contributed by atoms with Gasteiger partial charge < -0.3 is 20.7 Å². The topological polar surface area (TPSA) is 79.5 Å². The zero-order chi connectivity index (χ0) is 16.8. The minimum absolute atomic E-state index is 0.175. The summed E-state index contributed by atoms with van der Waals surface area (Å²) in [4.78, 5) is 23.7. The van der Waals surface area contributed by atoms with Crippen molar-refractivity contribution in [2.45, 2.75) is 83.9 Å². The van der Waals surface area contributed by atoms with E-state index in [2.05, 4.69) is 16.0 Å². The molecule has 0 saturated heterocycles. The number of ether oxygens (including phenoxy) is 1. The number of carbonyl (C=O) groups excluding carboxylic acids is 2. The molecule has 1 aliphatic carbocycles. The molecule has 1 saturated carbocycles. The number of urea groups is 1. The molecule has 6 nitrogen and oxygen atoms in total. The predicted molar refractivity (Wildman–Crippen MR) is 86.9 cm³/mol. The normalized spacial score (nSPS) is 16.8. The molecular weight excluding hydrogens is 282 g/mol. The second kappa shape index (κ2) is 7.70. The van der Waals surface area contributed by atoms with Gasteiger partial charge >= 0.3 is 12.1 Å². The first-order chi connectivity index (χ1) is 10.1. The van der Waals surface area contributed by atoms with E-state index in [1.54, 1.807) is 0 Å². The van der Waals surface area contributed by atoms with Gasteiger partial charge in [0.2, 0.25) is 0 Å².